The smallest absolute Gasteiger partial charge is 0.213 e. The van der Waals surface area contributed by atoms with E-state index < -0.39 is 0 Å². The molecule has 0 bridgehead atoms. The molecule has 0 unspecified atom stereocenters. The summed E-state index contributed by atoms with van der Waals surface area (Å²) in [7, 11) is 3.57. The highest BCUT2D eigenvalue weighted by Crippen LogP contribution is 2.22. The fraction of sp³-hybridized carbons (Fsp3) is 0.214. The molecule has 1 aromatic heterocycles. The fourth-order valence-corrected chi connectivity index (χ4v) is 1.72. The number of hydrogen-bond donors (Lipinski definition) is 1. The van der Waals surface area contributed by atoms with Crippen LogP contribution in [0.1, 0.15) is 5.56 Å². The van der Waals surface area contributed by atoms with E-state index in [9.17, 15) is 0 Å². The van der Waals surface area contributed by atoms with Gasteiger partial charge in [0.25, 0.3) is 0 Å². The summed E-state index contributed by atoms with van der Waals surface area (Å²) in [6.45, 7) is 0.889. The Kier molecular flexibility index (Phi) is 3.73. The highest BCUT2D eigenvalue weighted by atomic mass is 16.5. The molecule has 3 heteroatoms. The first kappa shape index (κ1) is 11.6. The molecule has 1 N–H and O–H groups in total. The summed E-state index contributed by atoms with van der Waals surface area (Å²) in [5.74, 6) is 0.641. The maximum atomic E-state index is 5.12. The predicted molar refractivity (Wildman–Crippen MR) is 69.0 cm³/mol. The first-order valence-corrected chi connectivity index (χ1v) is 5.57. The molecule has 1 heterocycles. The molecule has 2 aromatic rings. The van der Waals surface area contributed by atoms with Gasteiger partial charge in [0.1, 0.15) is 0 Å². The lowest BCUT2D eigenvalue weighted by molar-refractivity contribution is 0.398. The van der Waals surface area contributed by atoms with Gasteiger partial charge < -0.3 is 10.1 Å². The zero-order valence-electron chi connectivity index (χ0n) is 10.1. The Hall–Kier alpha value is -1.87. The highest BCUT2D eigenvalue weighted by molar-refractivity contribution is 5.64. The molecule has 88 valence electrons. The van der Waals surface area contributed by atoms with Crippen molar-refractivity contribution in [2.24, 2.45) is 0 Å². The van der Waals surface area contributed by atoms with Crippen LogP contribution in [0.4, 0.5) is 0 Å². The fourth-order valence-electron chi connectivity index (χ4n) is 1.72. The van der Waals surface area contributed by atoms with E-state index in [4.69, 9.17) is 4.74 Å². The van der Waals surface area contributed by atoms with E-state index in [1.165, 1.54) is 11.1 Å². The Morgan fingerprint density at radius 3 is 2.53 bits per heavy atom. The lowest BCUT2D eigenvalue weighted by Crippen LogP contribution is -2.04. The van der Waals surface area contributed by atoms with Crippen molar-refractivity contribution in [1.29, 1.82) is 0 Å². The van der Waals surface area contributed by atoms with E-state index in [2.05, 4.69) is 34.6 Å². The van der Waals surface area contributed by atoms with Crippen molar-refractivity contribution < 1.29 is 4.74 Å². The van der Waals surface area contributed by atoms with Gasteiger partial charge in [0, 0.05) is 18.8 Å². The van der Waals surface area contributed by atoms with Gasteiger partial charge in [0.05, 0.1) is 7.11 Å². The van der Waals surface area contributed by atoms with E-state index in [-0.39, 0.29) is 0 Å². The third-order valence-corrected chi connectivity index (χ3v) is 2.61. The lowest BCUT2D eigenvalue weighted by atomic mass is 10.1. The molecule has 0 aliphatic rings. The third kappa shape index (κ3) is 2.82. The Morgan fingerprint density at radius 1 is 1.12 bits per heavy atom. The average Bonchev–Trinajstić information content (AvgIpc) is 2.40. The second kappa shape index (κ2) is 5.46. The molecule has 17 heavy (non-hydrogen) atoms. The largest absolute Gasteiger partial charge is 0.481 e. The van der Waals surface area contributed by atoms with Crippen LogP contribution in [0.2, 0.25) is 0 Å². The molecule has 0 saturated heterocycles. The van der Waals surface area contributed by atoms with Crippen LogP contribution in [0.5, 0.6) is 5.88 Å². The van der Waals surface area contributed by atoms with Crippen molar-refractivity contribution in [2.45, 2.75) is 6.54 Å². The van der Waals surface area contributed by atoms with Crippen LogP contribution >= 0.6 is 0 Å². The zero-order valence-corrected chi connectivity index (χ0v) is 10.1. The molecule has 2 rings (SSSR count). The number of ether oxygens (including phenoxy) is 1. The number of pyridine rings is 1. The number of nitrogens with one attached hydrogen (secondary N) is 1. The molecule has 1 aromatic carbocycles. The number of nitrogens with zero attached hydrogens (tertiary/aromatic N) is 1. The van der Waals surface area contributed by atoms with Gasteiger partial charge in [-0.05, 0) is 29.8 Å². The van der Waals surface area contributed by atoms with E-state index in [1.54, 1.807) is 13.3 Å². The number of rotatable bonds is 4. The Bertz CT molecular complexity index is 480. The summed E-state index contributed by atoms with van der Waals surface area (Å²) in [5.41, 5.74) is 3.57. The molecule has 0 radical (unpaired) electrons. The van der Waals surface area contributed by atoms with Gasteiger partial charge in [0.2, 0.25) is 5.88 Å². The lowest BCUT2D eigenvalue weighted by Gasteiger charge is -2.05. The first-order valence-electron chi connectivity index (χ1n) is 5.57. The van der Waals surface area contributed by atoms with Crippen molar-refractivity contribution in [3.63, 3.8) is 0 Å². The van der Waals surface area contributed by atoms with Crippen LogP contribution in [0.15, 0.2) is 42.6 Å². The molecule has 0 aliphatic heterocycles. The molecule has 0 fully saturated rings. The highest BCUT2D eigenvalue weighted by Gasteiger charge is 2.00. The van der Waals surface area contributed by atoms with Gasteiger partial charge in [-0.15, -0.1) is 0 Å². The van der Waals surface area contributed by atoms with Gasteiger partial charge in [-0.2, -0.15) is 0 Å². The van der Waals surface area contributed by atoms with Crippen LogP contribution in [0.25, 0.3) is 11.1 Å². The van der Waals surface area contributed by atoms with Gasteiger partial charge >= 0.3 is 0 Å². The Labute approximate surface area is 101 Å². The van der Waals surface area contributed by atoms with Crippen LogP contribution in [-0.4, -0.2) is 19.1 Å². The Balaban J connectivity index is 2.26. The third-order valence-electron chi connectivity index (χ3n) is 2.61. The van der Waals surface area contributed by atoms with E-state index in [0.717, 1.165) is 12.1 Å². The van der Waals surface area contributed by atoms with Crippen molar-refractivity contribution in [3.05, 3.63) is 48.2 Å². The normalized spacial score (nSPS) is 10.2. The topological polar surface area (TPSA) is 34.2 Å². The van der Waals surface area contributed by atoms with E-state index >= 15 is 0 Å². The molecule has 0 aliphatic carbocycles. The molecular formula is C14H16N2O. The summed E-state index contributed by atoms with van der Waals surface area (Å²) in [5, 5.41) is 3.13. The SMILES string of the molecule is CNCc1ccc(-c2ccnc(OC)c2)cc1. The molecule has 0 spiro atoms. The first-order chi connectivity index (χ1) is 8.33. The zero-order chi connectivity index (χ0) is 12.1. The van der Waals surface area contributed by atoms with Crippen LogP contribution < -0.4 is 10.1 Å². The van der Waals surface area contributed by atoms with Crippen LogP contribution in [-0.2, 0) is 6.54 Å². The monoisotopic (exact) mass is 228 g/mol. The summed E-state index contributed by atoms with van der Waals surface area (Å²) in [4.78, 5) is 4.10. The number of methoxy groups -OCH3 is 1. The standard InChI is InChI=1S/C14H16N2O/c1-15-10-11-3-5-12(6-4-11)13-7-8-16-14(9-13)17-2/h3-9,15H,10H2,1-2H3. The summed E-state index contributed by atoms with van der Waals surface area (Å²) >= 11 is 0. The minimum Gasteiger partial charge on any atom is -0.481 e. The second-order valence-electron chi connectivity index (χ2n) is 3.81. The van der Waals surface area contributed by atoms with Crippen LogP contribution in [0, 0.1) is 0 Å². The van der Waals surface area contributed by atoms with E-state index in [0.29, 0.717) is 5.88 Å². The summed E-state index contributed by atoms with van der Waals surface area (Å²) in [6.07, 6.45) is 1.76. The minimum absolute atomic E-state index is 0.641. The van der Waals surface area contributed by atoms with Crippen molar-refractivity contribution >= 4 is 0 Å². The van der Waals surface area contributed by atoms with Crippen molar-refractivity contribution in [1.82, 2.24) is 10.3 Å². The van der Waals surface area contributed by atoms with Gasteiger partial charge in [0.15, 0.2) is 0 Å². The number of aromatic nitrogens is 1. The molecule has 0 amide bonds. The quantitative estimate of drug-likeness (QED) is 0.873. The number of hydrogen-bond acceptors (Lipinski definition) is 3. The molecular weight excluding hydrogens is 212 g/mol. The van der Waals surface area contributed by atoms with Gasteiger partial charge in [-0.25, -0.2) is 4.98 Å². The van der Waals surface area contributed by atoms with Gasteiger partial charge in [-0.3, -0.25) is 0 Å². The minimum atomic E-state index is 0.641. The maximum Gasteiger partial charge on any atom is 0.213 e. The molecule has 3 nitrogen and oxygen atoms in total. The van der Waals surface area contributed by atoms with Gasteiger partial charge in [-0.1, -0.05) is 24.3 Å². The average molecular weight is 228 g/mol. The van der Waals surface area contributed by atoms with E-state index in [1.807, 2.05) is 19.2 Å². The van der Waals surface area contributed by atoms with Crippen molar-refractivity contribution in [2.75, 3.05) is 14.2 Å². The molecule has 0 saturated carbocycles. The van der Waals surface area contributed by atoms with Crippen molar-refractivity contribution in [3.8, 4) is 17.0 Å². The predicted octanol–water partition coefficient (Wildman–Crippen LogP) is 2.48. The Morgan fingerprint density at radius 2 is 1.88 bits per heavy atom. The second-order valence-corrected chi connectivity index (χ2v) is 3.81. The summed E-state index contributed by atoms with van der Waals surface area (Å²) < 4.78 is 5.12. The number of benzene rings is 1. The maximum absolute atomic E-state index is 5.12. The molecule has 0 atom stereocenters. The summed E-state index contributed by atoms with van der Waals surface area (Å²) in [6, 6.07) is 12.4. The van der Waals surface area contributed by atoms with Crippen LogP contribution in [0.3, 0.4) is 0 Å².